The topological polar surface area (TPSA) is 81.4 Å². The van der Waals surface area contributed by atoms with E-state index in [2.05, 4.69) is 10.3 Å². The fourth-order valence-corrected chi connectivity index (χ4v) is 2.56. The molecule has 0 saturated carbocycles. The number of hydrogen-bond acceptors (Lipinski definition) is 5. The van der Waals surface area contributed by atoms with Crippen LogP contribution in [0, 0.1) is 0 Å². The molecular formula is C19H15ClN2O4. The Morgan fingerprint density at radius 3 is 2.77 bits per heavy atom. The summed E-state index contributed by atoms with van der Waals surface area (Å²) < 4.78 is 10.3. The summed E-state index contributed by atoms with van der Waals surface area (Å²) in [6.45, 7) is 2.00. The van der Waals surface area contributed by atoms with Gasteiger partial charge in [0, 0.05) is 16.3 Å². The van der Waals surface area contributed by atoms with E-state index in [1.807, 2.05) is 0 Å². The molecule has 2 aromatic carbocycles. The molecule has 6 nitrogen and oxygen atoms in total. The number of halogens is 1. The standard InChI is InChI=1S/C19H15ClN2O4/c1-2-25-19(24)13-6-4-8-15(10-13)22-18(23)16-17(26-11-21-16)12-5-3-7-14(20)9-12/h3-11H,2H2,1H3,(H,22,23). The Morgan fingerprint density at radius 2 is 2.00 bits per heavy atom. The minimum Gasteiger partial charge on any atom is -0.462 e. The molecule has 0 radical (unpaired) electrons. The lowest BCUT2D eigenvalue weighted by Gasteiger charge is -2.07. The zero-order chi connectivity index (χ0) is 18.5. The molecule has 0 spiro atoms. The Hall–Kier alpha value is -3.12. The molecule has 0 saturated heterocycles. The number of nitrogens with one attached hydrogen (secondary N) is 1. The van der Waals surface area contributed by atoms with Gasteiger partial charge in [0.15, 0.2) is 17.8 Å². The predicted octanol–water partition coefficient (Wildman–Crippen LogP) is 4.42. The van der Waals surface area contributed by atoms with Crippen LogP contribution >= 0.6 is 11.6 Å². The van der Waals surface area contributed by atoms with Crippen molar-refractivity contribution in [3.63, 3.8) is 0 Å². The number of rotatable bonds is 5. The second-order valence-electron chi connectivity index (χ2n) is 5.30. The maximum atomic E-state index is 12.6. The smallest absolute Gasteiger partial charge is 0.338 e. The van der Waals surface area contributed by atoms with E-state index in [1.54, 1.807) is 49.4 Å². The van der Waals surface area contributed by atoms with Crippen molar-refractivity contribution in [3.05, 3.63) is 71.2 Å². The van der Waals surface area contributed by atoms with Gasteiger partial charge in [-0.05, 0) is 37.3 Å². The van der Waals surface area contributed by atoms with Crippen LogP contribution in [0.15, 0.2) is 59.3 Å². The highest BCUT2D eigenvalue weighted by molar-refractivity contribution is 6.30. The van der Waals surface area contributed by atoms with Crippen LogP contribution in [-0.2, 0) is 4.74 Å². The number of carbonyl (C=O) groups excluding carboxylic acids is 2. The SMILES string of the molecule is CCOC(=O)c1cccc(NC(=O)c2ncoc2-c2cccc(Cl)c2)c1. The van der Waals surface area contributed by atoms with Gasteiger partial charge >= 0.3 is 5.97 Å². The van der Waals surface area contributed by atoms with E-state index in [4.69, 9.17) is 20.8 Å². The van der Waals surface area contributed by atoms with Crippen LogP contribution in [0.3, 0.4) is 0 Å². The Bertz CT molecular complexity index is 952. The number of oxazole rings is 1. The largest absolute Gasteiger partial charge is 0.462 e. The van der Waals surface area contributed by atoms with Crippen molar-refractivity contribution < 1.29 is 18.7 Å². The molecule has 1 heterocycles. The molecular weight excluding hydrogens is 356 g/mol. The molecule has 0 aliphatic heterocycles. The van der Waals surface area contributed by atoms with Crippen molar-refractivity contribution in [1.82, 2.24) is 4.98 Å². The van der Waals surface area contributed by atoms with Crippen LogP contribution in [-0.4, -0.2) is 23.5 Å². The summed E-state index contributed by atoms with van der Waals surface area (Å²) >= 11 is 5.99. The van der Waals surface area contributed by atoms with Crippen LogP contribution < -0.4 is 5.32 Å². The van der Waals surface area contributed by atoms with E-state index in [1.165, 1.54) is 12.5 Å². The summed E-state index contributed by atoms with van der Waals surface area (Å²) in [5, 5.41) is 3.23. The molecule has 0 aliphatic carbocycles. The Morgan fingerprint density at radius 1 is 1.19 bits per heavy atom. The molecule has 7 heteroatoms. The zero-order valence-electron chi connectivity index (χ0n) is 13.9. The van der Waals surface area contributed by atoms with Gasteiger partial charge in [0.1, 0.15) is 0 Å². The number of hydrogen-bond donors (Lipinski definition) is 1. The Kier molecular flexibility index (Phi) is 5.34. The van der Waals surface area contributed by atoms with Crippen molar-refractivity contribution in [1.29, 1.82) is 0 Å². The van der Waals surface area contributed by atoms with Gasteiger partial charge in [-0.1, -0.05) is 29.8 Å². The maximum absolute atomic E-state index is 12.6. The quantitative estimate of drug-likeness (QED) is 0.672. The van der Waals surface area contributed by atoms with E-state index < -0.39 is 11.9 Å². The normalized spacial score (nSPS) is 10.4. The lowest BCUT2D eigenvalue weighted by Crippen LogP contribution is -2.14. The fraction of sp³-hybridized carbons (Fsp3) is 0.105. The molecule has 3 rings (SSSR count). The van der Waals surface area contributed by atoms with Crippen molar-refractivity contribution in [2.75, 3.05) is 11.9 Å². The van der Waals surface area contributed by atoms with Crippen LogP contribution in [0.4, 0.5) is 5.69 Å². The minimum absolute atomic E-state index is 0.119. The zero-order valence-corrected chi connectivity index (χ0v) is 14.6. The summed E-state index contributed by atoms with van der Waals surface area (Å²) in [4.78, 5) is 28.4. The molecule has 0 bridgehead atoms. The highest BCUT2D eigenvalue weighted by Crippen LogP contribution is 2.26. The summed E-state index contributed by atoms with van der Waals surface area (Å²) in [5.74, 6) is -0.606. The van der Waals surface area contributed by atoms with Gasteiger partial charge < -0.3 is 14.5 Å². The number of nitrogens with zero attached hydrogens (tertiary/aromatic N) is 1. The van der Waals surface area contributed by atoms with Crippen LogP contribution in [0.2, 0.25) is 5.02 Å². The fourth-order valence-electron chi connectivity index (χ4n) is 2.37. The third-order valence-electron chi connectivity index (χ3n) is 3.50. The Labute approximate surface area is 154 Å². The molecule has 0 unspecified atom stereocenters. The molecule has 1 aromatic heterocycles. The lowest BCUT2D eigenvalue weighted by atomic mass is 10.1. The van der Waals surface area contributed by atoms with Gasteiger partial charge in [-0.25, -0.2) is 9.78 Å². The van der Waals surface area contributed by atoms with Crippen LogP contribution in [0.5, 0.6) is 0 Å². The van der Waals surface area contributed by atoms with E-state index in [0.717, 1.165) is 0 Å². The predicted molar refractivity (Wildman–Crippen MR) is 97.3 cm³/mol. The lowest BCUT2D eigenvalue weighted by molar-refractivity contribution is 0.0526. The summed E-state index contributed by atoms with van der Waals surface area (Å²) in [6.07, 6.45) is 1.19. The van der Waals surface area contributed by atoms with Crippen LogP contribution in [0.25, 0.3) is 11.3 Å². The number of carbonyl (C=O) groups is 2. The first-order valence-corrected chi connectivity index (χ1v) is 8.24. The first-order chi connectivity index (χ1) is 12.6. The highest BCUT2D eigenvalue weighted by Gasteiger charge is 2.19. The van der Waals surface area contributed by atoms with Crippen molar-refractivity contribution in [3.8, 4) is 11.3 Å². The Balaban J connectivity index is 1.83. The monoisotopic (exact) mass is 370 g/mol. The molecule has 26 heavy (non-hydrogen) atoms. The molecule has 1 amide bonds. The number of esters is 1. The third-order valence-corrected chi connectivity index (χ3v) is 3.74. The number of benzene rings is 2. The molecule has 0 aliphatic rings. The van der Waals surface area contributed by atoms with Crippen molar-refractivity contribution in [2.24, 2.45) is 0 Å². The van der Waals surface area contributed by atoms with Gasteiger partial charge in [0.05, 0.1) is 12.2 Å². The second-order valence-corrected chi connectivity index (χ2v) is 5.73. The second kappa shape index (κ2) is 7.84. The molecule has 0 fully saturated rings. The maximum Gasteiger partial charge on any atom is 0.338 e. The summed E-state index contributed by atoms with van der Waals surface area (Å²) in [6, 6.07) is 13.4. The van der Waals surface area contributed by atoms with Crippen molar-refractivity contribution >= 4 is 29.2 Å². The average molecular weight is 371 g/mol. The van der Waals surface area contributed by atoms with E-state index in [-0.39, 0.29) is 12.3 Å². The van der Waals surface area contributed by atoms with Crippen molar-refractivity contribution in [2.45, 2.75) is 6.92 Å². The van der Waals surface area contributed by atoms with Crippen LogP contribution in [0.1, 0.15) is 27.8 Å². The van der Waals surface area contributed by atoms with Gasteiger partial charge in [-0.2, -0.15) is 0 Å². The van der Waals surface area contributed by atoms with E-state index in [0.29, 0.717) is 27.6 Å². The molecule has 132 valence electrons. The van der Waals surface area contributed by atoms with E-state index in [9.17, 15) is 9.59 Å². The summed E-state index contributed by atoms with van der Waals surface area (Å²) in [7, 11) is 0. The van der Waals surface area contributed by atoms with Gasteiger partial charge in [-0.3, -0.25) is 4.79 Å². The third kappa shape index (κ3) is 3.92. The first-order valence-electron chi connectivity index (χ1n) is 7.86. The minimum atomic E-state index is -0.463. The van der Waals surface area contributed by atoms with E-state index >= 15 is 0 Å². The number of aromatic nitrogens is 1. The van der Waals surface area contributed by atoms with Gasteiger partial charge in [0.2, 0.25) is 0 Å². The van der Waals surface area contributed by atoms with Gasteiger partial charge in [0.25, 0.3) is 5.91 Å². The first kappa shape index (κ1) is 17.7. The number of anilines is 1. The molecule has 0 atom stereocenters. The average Bonchev–Trinajstić information content (AvgIpc) is 3.12. The van der Waals surface area contributed by atoms with Gasteiger partial charge in [-0.15, -0.1) is 0 Å². The number of ether oxygens (including phenoxy) is 1. The summed E-state index contributed by atoms with van der Waals surface area (Å²) in [5.41, 5.74) is 1.55. The molecule has 1 N–H and O–H groups in total. The molecule has 3 aromatic rings. The highest BCUT2D eigenvalue weighted by atomic mass is 35.5. The number of amides is 1.